The summed E-state index contributed by atoms with van der Waals surface area (Å²) < 4.78 is 18.6. The van der Waals surface area contributed by atoms with E-state index in [1.165, 1.54) is 22.7 Å². The third-order valence-corrected chi connectivity index (χ3v) is 9.86. The summed E-state index contributed by atoms with van der Waals surface area (Å²) in [5.74, 6) is -1.45. The molecule has 0 saturated carbocycles. The molecule has 43 heavy (non-hydrogen) atoms. The Morgan fingerprint density at radius 1 is 0.953 bits per heavy atom. The number of anilines is 1. The molecule has 0 fully saturated rings. The number of benzene rings is 1. The first-order valence-electron chi connectivity index (χ1n) is 14.5. The molecule has 0 atom stereocenters. The molecule has 2 amide bonds. The van der Waals surface area contributed by atoms with Gasteiger partial charge in [-0.25, -0.2) is 9.59 Å². The second-order valence-corrected chi connectivity index (χ2v) is 12.8. The summed E-state index contributed by atoms with van der Waals surface area (Å²) in [4.78, 5) is 56.7. The summed E-state index contributed by atoms with van der Waals surface area (Å²) in [6, 6.07) is 5.26. The SMILES string of the molecule is CCOCCn1c(=NC(=O)CSCC(=O)Nc2sc3c(c2C(=O)OCC)CCCCC3)sc2cc(C(=O)OCC)ccc21. The summed E-state index contributed by atoms with van der Waals surface area (Å²) in [5, 5.41) is 3.42. The topological polar surface area (TPSA) is 125 Å². The van der Waals surface area contributed by atoms with Gasteiger partial charge in [0.1, 0.15) is 5.00 Å². The highest BCUT2D eigenvalue weighted by Crippen LogP contribution is 2.38. The fourth-order valence-corrected chi connectivity index (χ4v) is 7.80. The molecular formula is C30H37N3O7S3. The van der Waals surface area contributed by atoms with Gasteiger partial charge in [0.05, 0.1) is 52.7 Å². The quantitative estimate of drug-likeness (QED) is 0.152. The van der Waals surface area contributed by atoms with Crippen molar-refractivity contribution in [2.75, 3.05) is 43.3 Å². The summed E-state index contributed by atoms with van der Waals surface area (Å²) in [7, 11) is 0. The lowest BCUT2D eigenvalue weighted by atomic mass is 10.1. The summed E-state index contributed by atoms with van der Waals surface area (Å²) >= 11 is 3.91. The molecule has 2 aromatic heterocycles. The van der Waals surface area contributed by atoms with Gasteiger partial charge in [0.2, 0.25) is 5.91 Å². The number of fused-ring (bicyclic) bond motifs is 2. The Labute approximate surface area is 262 Å². The molecular weight excluding hydrogens is 611 g/mol. The molecule has 1 N–H and O–H groups in total. The predicted molar refractivity (Wildman–Crippen MR) is 170 cm³/mol. The molecule has 4 rings (SSSR count). The molecule has 232 valence electrons. The normalized spacial score (nSPS) is 13.4. The standard InChI is InChI=1S/C30H37N3O7S3/c1-4-38-15-14-33-21-13-12-19(28(36)39-5-2)16-23(21)43-30(33)32-25(35)18-41-17-24(34)31-27-26(29(37)40-6-3)20-10-8-7-9-11-22(20)42-27/h12-13,16H,4-11,14-15,17-18H2,1-3H3,(H,31,34). The highest BCUT2D eigenvalue weighted by Gasteiger charge is 2.26. The Kier molecular flexibility index (Phi) is 12.4. The zero-order valence-electron chi connectivity index (χ0n) is 24.7. The number of carbonyl (C=O) groups is 4. The van der Waals surface area contributed by atoms with Crippen LogP contribution in [0.25, 0.3) is 10.2 Å². The third-order valence-electron chi connectivity index (χ3n) is 6.69. The van der Waals surface area contributed by atoms with E-state index in [0.717, 1.165) is 64.5 Å². The van der Waals surface area contributed by atoms with Gasteiger partial charge in [-0.05, 0) is 70.2 Å². The predicted octanol–water partition coefficient (Wildman–Crippen LogP) is 5.22. The first-order valence-corrected chi connectivity index (χ1v) is 17.3. The molecule has 0 bridgehead atoms. The van der Waals surface area contributed by atoms with Gasteiger partial charge >= 0.3 is 11.9 Å². The van der Waals surface area contributed by atoms with Crippen LogP contribution in [0.15, 0.2) is 23.2 Å². The van der Waals surface area contributed by atoms with E-state index >= 15 is 0 Å². The maximum Gasteiger partial charge on any atom is 0.341 e. The van der Waals surface area contributed by atoms with E-state index in [1.807, 2.05) is 17.6 Å². The Bertz CT molecular complexity index is 1540. The van der Waals surface area contributed by atoms with Gasteiger partial charge in [-0.1, -0.05) is 17.8 Å². The van der Waals surface area contributed by atoms with Crippen molar-refractivity contribution in [3.05, 3.63) is 44.6 Å². The number of thiophene rings is 1. The maximum atomic E-state index is 12.9. The van der Waals surface area contributed by atoms with Crippen LogP contribution in [0.4, 0.5) is 5.00 Å². The van der Waals surface area contributed by atoms with E-state index in [9.17, 15) is 19.2 Å². The van der Waals surface area contributed by atoms with E-state index in [-0.39, 0.29) is 36.5 Å². The zero-order valence-corrected chi connectivity index (χ0v) is 27.1. The Morgan fingerprint density at radius 2 is 1.72 bits per heavy atom. The molecule has 0 spiro atoms. The lowest BCUT2D eigenvalue weighted by molar-refractivity contribution is -0.115. The van der Waals surface area contributed by atoms with Crippen molar-refractivity contribution in [1.29, 1.82) is 0 Å². The zero-order chi connectivity index (χ0) is 30.8. The second-order valence-electron chi connectivity index (χ2n) is 9.67. The van der Waals surface area contributed by atoms with Gasteiger partial charge in [-0.3, -0.25) is 9.59 Å². The van der Waals surface area contributed by atoms with Crippen molar-refractivity contribution in [1.82, 2.24) is 4.57 Å². The van der Waals surface area contributed by atoms with Crippen molar-refractivity contribution in [3.63, 3.8) is 0 Å². The van der Waals surface area contributed by atoms with Crippen molar-refractivity contribution in [3.8, 4) is 0 Å². The lowest BCUT2D eigenvalue weighted by Gasteiger charge is -2.08. The fourth-order valence-electron chi connectivity index (χ4n) is 4.80. The number of carbonyl (C=O) groups excluding carboxylic acids is 4. The number of aromatic nitrogens is 1. The number of rotatable bonds is 13. The number of esters is 2. The minimum atomic E-state index is -0.408. The Morgan fingerprint density at radius 3 is 2.49 bits per heavy atom. The molecule has 0 unspecified atom stereocenters. The number of hydrogen-bond acceptors (Lipinski definition) is 10. The minimum Gasteiger partial charge on any atom is -0.462 e. The maximum absolute atomic E-state index is 12.9. The highest BCUT2D eigenvalue weighted by molar-refractivity contribution is 8.00. The summed E-state index contributed by atoms with van der Waals surface area (Å²) in [6.45, 7) is 7.47. The number of nitrogens with one attached hydrogen (secondary N) is 1. The largest absolute Gasteiger partial charge is 0.462 e. The summed E-state index contributed by atoms with van der Waals surface area (Å²) in [5.41, 5.74) is 2.73. The van der Waals surface area contributed by atoms with Gasteiger partial charge in [-0.15, -0.1) is 23.1 Å². The number of aryl methyl sites for hydroxylation is 1. The molecule has 0 radical (unpaired) electrons. The Balaban J connectivity index is 1.44. The number of thioether (sulfide) groups is 1. The van der Waals surface area contributed by atoms with Crippen LogP contribution >= 0.6 is 34.4 Å². The van der Waals surface area contributed by atoms with Crippen molar-refractivity contribution in [2.24, 2.45) is 4.99 Å². The molecule has 2 heterocycles. The van der Waals surface area contributed by atoms with Crippen LogP contribution in [0.2, 0.25) is 0 Å². The number of hydrogen-bond donors (Lipinski definition) is 1. The monoisotopic (exact) mass is 647 g/mol. The van der Waals surface area contributed by atoms with E-state index in [2.05, 4.69) is 10.3 Å². The van der Waals surface area contributed by atoms with Gasteiger partial charge in [0.15, 0.2) is 4.80 Å². The fraction of sp³-hybridized carbons (Fsp3) is 0.500. The average Bonchev–Trinajstić information content (AvgIpc) is 3.39. The van der Waals surface area contributed by atoms with E-state index in [4.69, 9.17) is 14.2 Å². The number of thiazole rings is 1. The number of amides is 2. The van der Waals surface area contributed by atoms with E-state index in [1.54, 1.807) is 26.0 Å². The van der Waals surface area contributed by atoms with Crippen molar-refractivity contribution < 1.29 is 33.4 Å². The van der Waals surface area contributed by atoms with E-state index in [0.29, 0.717) is 40.7 Å². The number of nitrogens with zero attached hydrogens (tertiary/aromatic N) is 2. The first-order chi connectivity index (χ1) is 20.9. The van der Waals surface area contributed by atoms with Gasteiger partial charge < -0.3 is 24.1 Å². The molecule has 0 aliphatic heterocycles. The van der Waals surface area contributed by atoms with Crippen molar-refractivity contribution in [2.45, 2.75) is 59.4 Å². The second kappa shape index (κ2) is 16.2. The van der Waals surface area contributed by atoms with Crippen LogP contribution in [-0.4, -0.2) is 66.3 Å². The van der Waals surface area contributed by atoms with Gasteiger partial charge in [0.25, 0.3) is 5.91 Å². The molecule has 1 aliphatic rings. The third kappa shape index (κ3) is 8.55. The Hall–Kier alpha value is -3.00. The molecule has 13 heteroatoms. The molecule has 10 nitrogen and oxygen atoms in total. The van der Waals surface area contributed by atoms with Crippen LogP contribution in [0.1, 0.15) is 71.2 Å². The van der Waals surface area contributed by atoms with Crippen LogP contribution in [0.3, 0.4) is 0 Å². The first kappa shape index (κ1) is 32.9. The molecule has 0 saturated heterocycles. The average molecular weight is 648 g/mol. The molecule has 1 aromatic carbocycles. The number of ether oxygens (including phenoxy) is 3. The van der Waals surface area contributed by atoms with E-state index < -0.39 is 11.9 Å². The smallest absolute Gasteiger partial charge is 0.341 e. The van der Waals surface area contributed by atoms with Gasteiger partial charge in [-0.2, -0.15) is 4.99 Å². The molecule has 1 aliphatic carbocycles. The van der Waals surface area contributed by atoms with Crippen LogP contribution in [0.5, 0.6) is 0 Å². The molecule has 3 aromatic rings. The lowest BCUT2D eigenvalue weighted by Crippen LogP contribution is -2.21. The van der Waals surface area contributed by atoms with Crippen LogP contribution in [-0.2, 0) is 43.2 Å². The van der Waals surface area contributed by atoms with Crippen LogP contribution < -0.4 is 10.1 Å². The van der Waals surface area contributed by atoms with Crippen LogP contribution in [0, 0.1) is 0 Å². The van der Waals surface area contributed by atoms with Gasteiger partial charge in [0, 0.05) is 18.0 Å². The van der Waals surface area contributed by atoms with Crippen molar-refractivity contribution >= 4 is 73.4 Å². The summed E-state index contributed by atoms with van der Waals surface area (Å²) in [6.07, 6.45) is 4.86. The minimum absolute atomic E-state index is 0.00682. The highest BCUT2D eigenvalue weighted by atomic mass is 32.2.